The van der Waals surface area contributed by atoms with Gasteiger partial charge < -0.3 is 5.32 Å². The van der Waals surface area contributed by atoms with Gasteiger partial charge in [0, 0.05) is 30.0 Å². The number of nitrogens with zero attached hydrogens (tertiary/aromatic N) is 3. The Hall–Kier alpha value is -2.50. The number of amides is 1. The van der Waals surface area contributed by atoms with Crippen molar-refractivity contribution in [2.45, 2.75) is 44.2 Å². The zero-order valence-electron chi connectivity index (χ0n) is 13.7. The van der Waals surface area contributed by atoms with Crippen LogP contribution in [0, 0.1) is 5.82 Å². The van der Waals surface area contributed by atoms with E-state index >= 15 is 0 Å². The molecule has 1 saturated carbocycles. The quantitative estimate of drug-likeness (QED) is 0.942. The van der Waals surface area contributed by atoms with Crippen LogP contribution in [-0.2, 0) is 10.2 Å². The lowest BCUT2D eigenvalue weighted by molar-refractivity contribution is -0.122. The first-order chi connectivity index (χ1) is 11.5. The van der Waals surface area contributed by atoms with E-state index in [1.165, 1.54) is 6.07 Å². The van der Waals surface area contributed by atoms with E-state index in [-0.39, 0.29) is 29.6 Å². The second-order valence-corrected chi connectivity index (χ2v) is 6.98. The number of hydrogen-bond acceptors (Lipinski definition) is 4. The van der Waals surface area contributed by atoms with E-state index in [1.54, 1.807) is 18.5 Å². The molecule has 0 aromatic carbocycles. The number of aromatic nitrogens is 2. The highest BCUT2D eigenvalue weighted by Gasteiger charge is 2.50. The molecule has 5 nitrogen and oxygen atoms in total. The Balaban J connectivity index is 1.50. The van der Waals surface area contributed by atoms with Gasteiger partial charge in [0.05, 0.1) is 5.41 Å². The highest BCUT2D eigenvalue weighted by Crippen LogP contribution is 2.44. The second-order valence-electron chi connectivity index (χ2n) is 6.98. The Bertz CT molecular complexity index is 801. The Morgan fingerprint density at radius 1 is 1.21 bits per heavy atom. The number of rotatable bonds is 3. The molecule has 2 aliphatic rings. The minimum Gasteiger partial charge on any atom is -0.365 e. The van der Waals surface area contributed by atoms with Gasteiger partial charge in [0.1, 0.15) is 5.82 Å². The average molecular weight is 326 g/mol. The average Bonchev–Trinajstić information content (AvgIpc) is 2.73. The molecule has 0 spiro atoms. The van der Waals surface area contributed by atoms with E-state index in [2.05, 4.69) is 15.3 Å². The number of carbonyl (C=O) groups excluding carboxylic acids is 1. The number of halogens is 1. The molecule has 2 aromatic rings. The van der Waals surface area contributed by atoms with Crippen molar-refractivity contribution in [3.05, 3.63) is 48.0 Å². The van der Waals surface area contributed by atoms with E-state index in [0.29, 0.717) is 0 Å². The predicted molar refractivity (Wildman–Crippen MR) is 89.4 cm³/mol. The predicted octanol–water partition coefficient (Wildman–Crippen LogP) is 2.88. The van der Waals surface area contributed by atoms with Crippen LogP contribution in [0.1, 0.15) is 32.3 Å². The van der Waals surface area contributed by atoms with Gasteiger partial charge >= 0.3 is 0 Å². The first-order valence-corrected chi connectivity index (χ1v) is 8.14. The Morgan fingerprint density at radius 3 is 2.67 bits per heavy atom. The fourth-order valence-corrected chi connectivity index (χ4v) is 3.53. The molecule has 1 N–H and O–H groups in total. The molecule has 0 atom stereocenters. The molecule has 0 radical (unpaired) electrons. The van der Waals surface area contributed by atoms with E-state index < -0.39 is 5.41 Å². The molecule has 1 aliphatic carbocycles. The molecule has 4 rings (SSSR count). The van der Waals surface area contributed by atoms with Crippen LogP contribution >= 0.6 is 0 Å². The van der Waals surface area contributed by atoms with Crippen molar-refractivity contribution >= 4 is 17.5 Å². The van der Waals surface area contributed by atoms with Crippen LogP contribution in [0.25, 0.3) is 0 Å². The lowest BCUT2D eigenvalue weighted by Crippen LogP contribution is -2.53. The van der Waals surface area contributed by atoms with E-state index in [9.17, 15) is 9.18 Å². The third-order valence-electron chi connectivity index (χ3n) is 5.02. The third kappa shape index (κ3) is 2.17. The molecule has 0 bridgehead atoms. The first-order valence-electron chi connectivity index (χ1n) is 8.14. The molecule has 24 heavy (non-hydrogen) atoms. The number of carbonyl (C=O) groups is 1. The summed E-state index contributed by atoms with van der Waals surface area (Å²) >= 11 is 0. The van der Waals surface area contributed by atoms with Crippen molar-refractivity contribution in [1.29, 1.82) is 0 Å². The van der Waals surface area contributed by atoms with E-state index in [4.69, 9.17) is 0 Å². The fourth-order valence-electron chi connectivity index (χ4n) is 3.53. The standard InChI is InChI=1S/C18H19FN4O/c1-18(2)13-5-3-8-21-16(13)23(17(18)24)12-9-11(10-12)22-15-14(19)6-4-7-20-15/h3-8,11-12H,9-10H2,1-2H3,(H,20,22)/t11-,12-. The Kier molecular flexibility index (Phi) is 3.30. The topological polar surface area (TPSA) is 58.1 Å². The van der Waals surface area contributed by atoms with Crippen molar-refractivity contribution in [3.8, 4) is 0 Å². The normalized spacial score (nSPS) is 24.5. The number of anilines is 2. The summed E-state index contributed by atoms with van der Waals surface area (Å²) in [5, 5.41) is 3.12. The van der Waals surface area contributed by atoms with Crippen LogP contribution in [0.15, 0.2) is 36.7 Å². The Labute approximate surface area is 139 Å². The maximum Gasteiger partial charge on any atom is 0.238 e. The lowest BCUT2D eigenvalue weighted by Gasteiger charge is -2.41. The summed E-state index contributed by atoms with van der Waals surface area (Å²) < 4.78 is 13.7. The van der Waals surface area contributed by atoms with Crippen molar-refractivity contribution in [3.63, 3.8) is 0 Å². The van der Waals surface area contributed by atoms with Crippen molar-refractivity contribution in [2.24, 2.45) is 0 Å². The zero-order chi connectivity index (χ0) is 16.9. The maximum absolute atomic E-state index is 13.7. The lowest BCUT2D eigenvalue weighted by atomic mass is 9.84. The number of hydrogen-bond donors (Lipinski definition) is 1. The van der Waals surface area contributed by atoms with Gasteiger partial charge in [0.2, 0.25) is 5.91 Å². The number of nitrogens with one attached hydrogen (secondary N) is 1. The summed E-state index contributed by atoms with van der Waals surface area (Å²) in [5.41, 5.74) is 0.428. The van der Waals surface area contributed by atoms with Gasteiger partial charge in [-0.2, -0.15) is 0 Å². The zero-order valence-corrected chi connectivity index (χ0v) is 13.7. The van der Waals surface area contributed by atoms with E-state index in [0.717, 1.165) is 24.2 Å². The summed E-state index contributed by atoms with van der Waals surface area (Å²) in [6, 6.07) is 7.00. The van der Waals surface area contributed by atoms with Crippen LogP contribution < -0.4 is 10.2 Å². The molecule has 1 aliphatic heterocycles. The molecule has 3 heterocycles. The molecule has 0 saturated heterocycles. The monoisotopic (exact) mass is 326 g/mol. The molecular formula is C18H19FN4O. The summed E-state index contributed by atoms with van der Waals surface area (Å²) in [5.74, 6) is 0.766. The summed E-state index contributed by atoms with van der Waals surface area (Å²) in [4.78, 5) is 23.1. The smallest absolute Gasteiger partial charge is 0.238 e. The van der Waals surface area contributed by atoms with E-state index in [1.807, 2.05) is 30.9 Å². The first kappa shape index (κ1) is 15.1. The van der Waals surface area contributed by atoms with Gasteiger partial charge in [0.25, 0.3) is 0 Å². The van der Waals surface area contributed by atoms with Gasteiger partial charge in [-0.3, -0.25) is 9.69 Å². The van der Waals surface area contributed by atoms with Gasteiger partial charge in [-0.25, -0.2) is 14.4 Å². The van der Waals surface area contributed by atoms with Crippen molar-refractivity contribution < 1.29 is 9.18 Å². The van der Waals surface area contributed by atoms with Crippen LogP contribution in [0.3, 0.4) is 0 Å². The molecule has 124 valence electrons. The summed E-state index contributed by atoms with van der Waals surface area (Å²) in [6.07, 6.45) is 4.80. The molecule has 6 heteroatoms. The van der Waals surface area contributed by atoms with Crippen LogP contribution in [0.2, 0.25) is 0 Å². The van der Waals surface area contributed by atoms with Gasteiger partial charge in [0.15, 0.2) is 11.6 Å². The van der Waals surface area contributed by atoms with Gasteiger partial charge in [-0.05, 0) is 44.9 Å². The number of pyridine rings is 2. The van der Waals surface area contributed by atoms with Crippen LogP contribution in [0.4, 0.5) is 16.0 Å². The van der Waals surface area contributed by atoms with Crippen LogP contribution in [-0.4, -0.2) is 28.0 Å². The SMILES string of the molecule is CC1(C)C(=O)N([C@H]2C[C@H](Nc3ncccc3F)C2)c2ncccc21. The Morgan fingerprint density at radius 2 is 1.92 bits per heavy atom. The highest BCUT2D eigenvalue weighted by molar-refractivity contribution is 6.07. The molecule has 1 fully saturated rings. The number of fused-ring (bicyclic) bond motifs is 1. The molecular weight excluding hydrogens is 307 g/mol. The fraction of sp³-hybridized carbons (Fsp3) is 0.389. The molecule has 2 aromatic heterocycles. The van der Waals surface area contributed by atoms with Crippen molar-refractivity contribution in [1.82, 2.24) is 9.97 Å². The van der Waals surface area contributed by atoms with Gasteiger partial charge in [-0.15, -0.1) is 0 Å². The minimum atomic E-state index is -0.546. The largest absolute Gasteiger partial charge is 0.365 e. The minimum absolute atomic E-state index is 0.0867. The highest BCUT2D eigenvalue weighted by atomic mass is 19.1. The molecule has 1 amide bonds. The van der Waals surface area contributed by atoms with Crippen molar-refractivity contribution in [2.75, 3.05) is 10.2 Å². The second kappa shape index (κ2) is 5.26. The van der Waals surface area contributed by atoms with Gasteiger partial charge in [-0.1, -0.05) is 6.07 Å². The molecule has 0 unspecified atom stereocenters. The van der Waals surface area contributed by atoms with Crippen LogP contribution in [0.5, 0.6) is 0 Å². The maximum atomic E-state index is 13.7. The summed E-state index contributed by atoms with van der Waals surface area (Å²) in [6.45, 7) is 3.88. The summed E-state index contributed by atoms with van der Waals surface area (Å²) in [7, 11) is 0. The third-order valence-corrected chi connectivity index (χ3v) is 5.02.